The molecule has 1 aliphatic rings. The fourth-order valence-corrected chi connectivity index (χ4v) is 2.57. The van der Waals surface area contributed by atoms with Gasteiger partial charge in [0.25, 0.3) is 0 Å². The molecule has 2 N–H and O–H groups in total. The Balaban J connectivity index is 2.65. The van der Waals surface area contributed by atoms with Crippen molar-refractivity contribution in [3.05, 3.63) is 0 Å². The van der Waals surface area contributed by atoms with Gasteiger partial charge in [-0.2, -0.15) is 0 Å². The van der Waals surface area contributed by atoms with Crippen molar-refractivity contribution < 1.29 is 0 Å². The van der Waals surface area contributed by atoms with Gasteiger partial charge < -0.3 is 5.73 Å². The zero-order valence-electron chi connectivity index (χ0n) is 8.52. The minimum absolute atomic E-state index is 0.181. The SMILES string of the molecule is C#CCC(N)C1C(C)(C)C1(C)C. The Morgan fingerprint density at radius 2 is 1.75 bits per heavy atom. The molecule has 0 aromatic rings. The molecule has 0 aliphatic heterocycles. The third-order valence-electron chi connectivity index (χ3n) is 3.91. The van der Waals surface area contributed by atoms with Crippen molar-refractivity contribution in [2.75, 3.05) is 0 Å². The summed E-state index contributed by atoms with van der Waals surface area (Å²) in [5, 5.41) is 0. The molecule has 0 aromatic carbocycles. The summed E-state index contributed by atoms with van der Waals surface area (Å²) >= 11 is 0. The standard InChI is InChI=1S/C11H19N/c1-6-7-8(12)9-10(2,3)11(9,4)5/h1,8-9H,7,12H2,2-5H3. The average molecular weight is 165 g/mol. The van der Waals surface area contributed by atoms with Crippen LogP contribution in [0, 0.1) is 29.1 Å². The largest absolute Gasteiger partial charge is 0.327 e. The normalized spacial score (nSPS) is 27.7. The summed E-state index contributed by atoms with van der Waals surface area (Å²) in [4.78, 5) is 0. The summed E-state index contributed by atoms with van der Waals surface area (Å²) in [5.74, 6) is 3.22. The predicted molar refractivity (Wildman–Crippen MR) is 52.5 cm³/mol. The molecule has 0 saturated heterocycles. The first-order valence-corrected chi connectivity index (χ1v) is 4.54. The van der Waals surface area contributed by atoms with Gasteiger partial charge in [0.1, 0.15) is 0 Å². The monoisotopic (exact) mass is 165 g/mol. The molecule has 0 aromatic heterocycles. The smallest absolute Gasteiger partial charge is 0.0241 e. The number of rotatable bonds is 2. The predicted octanol–water partition coefficient (Wildman–Crippen LogP) is 2.02. The summed E-state index contributed by atoms with van der Waals surface area (Å²) < 4.78 is 0. The number of terminal acetylenes is 1. The summed E-state index contributed by atoms with van der Waals surface area (Å²) in [6.07, 6.45) is 5.95. The van der Waals surface area contributed by atoms with E-state index in [1.807, 2.05) is 0 Å². The van der Waals surface area contributed by atoms with Crippen LogP contribution in [0.2, 0.25) is 0 Å². The minimum atomic E-state index is 0.181. The lowest BCUT2D eigenvalue weighted by Gasteiger charge is -2.09. The van der Waals surface area contributed by atoms with E-state index >= 15 is 0 Å². The Hall–Kier alpha value is -0.480. The van der Waals surface area contributed by atoms with Crippen LogP contribution in [-0.2, 0) is 0 Å². The maximum Gasteiger partial charge on any atom is 0.0241 e. The third-order valence-corrected chi connectivity index (χ3v) is 3.91. The molecule has 68 valence electrons. The van der Waals surface area contributed by atoms with Crippen molar-refractivity contribution in [2.45, 2.75) is 40.2 Å². The van der Waals surface area contributed by atoms with Crippen LogP contribution < -0.4 is 5.73 Å². The van der Waals surface area contributed by atoms with Crippen molar-refractivity contribution in [2.24, 2.45) is 22.5 Å². The fraction of sp³-hybridized carbons (Fsp3) is 0.818. The maximum absolute atomic E-state index is 6.00. The topological polar surface area (TPSA) is 26.0 Å². The Labute approximate surface area is 75.7 Å². The van der Waals surface area contributed by atoms with Gasteiger partial charge in [0.15, 0.2) is 0 Å². The molecule has 0 spiro atoms. The second-order valence-electron chi connectivity index (χ2n) is 4.99. The molecule has 1 fully saturated rings. The molecule has 1 unspecified atom stereocenters. The number of hydrogen-bond acceptors (Lipinski definition) is 1. The minimum Gasteiger partial charge on any atom is -0.327 e. The first-order valence-electron chi connectivity index (χ1n) is 4.54. The van der Waals surface area contributed by atoms with Crippen molar-refractivity contribution >= 4 is 0 Å². The number of hydrogen-bond donors (Lipinski definition) is 1. The van der Waals surface area contributed by atoms with Gasteiger partial charge in [-0.15, -0.1) is 12.3 Å². The molecule has 1 aliphatic carbocycles. The van der Waals surface area contributed by atoms with Gasteiger partial charge in [0.05, 0.1) is 0 Å². The van der Waals surface area contributed by atoms with E-state index in [0.29, 0.717) is 23.2 Å². The van der Waals surface area contributed by atoms with Crippen LogP contribution >= 0.6 is 0 Å². The Morgan fingerprint density at radius 3 is 2.00 bits per heavy atom. The Morgan fingerprint density at radius 1 is 1.33 bits per heavy atom. The van der Waals surface area contributed by atoms with Crippen LogP contribution in [0.1, 0.15) is 34.1 Å². The van der Waals surface area contributed by atoms with Gasteiger partial charge in [-0.3, -0.25) is 0 Å². The van der Waals surface area contributed by atoms with Crippen LogP contribution in [0.5, 0.6) is 0 Å². The van der Waals surface area contributed by atoms with Crippen molar-refractivity contribution in [3.8, 4) is 12.3 Å². The Kier molecular flexibility index (Phi) is 2.00. The van der Waals surface area contributed by atoms with Crippen molar-refractivity contribution in [1.29, 1.82) is 0 Å². The zero-order chi connectivity index (χ0) is 9.57. The van der Waals surface area contributed by atoms with E-state index in [9.17, 15) is 0 Å². The van der Waals surface area contributed by atoms with Gasteiger partial charge in [-0.05, 0) is 16.7 Å². The molecule has 1 saturated carbocycles. The highest BCUT2D eigenvalue weighted by Gasteiger charge is 2.66. The molecule has 0 radical (unpaired) electrons. The summed E-state index contributed by atoms with van der Waals surface area (Å²) in [6, 6.07) is 0.181. The van der Waals surface area contributed by atoms with E-state index in [0.717, 1.165) is 0 Å². The quantitative estimate of drug-likeness (QED) is 0.622. The van der Waals surface area contributed by atoms with Crippen molar-refractivity contribution in [3.63, 3.8) is 0 Å². The van der Waals surface area contributed by atoms with Gasteiger partial charge >= 0.3 is 0 Å². The van der Waals surface area contributed by atoms with E-state index in [1.54, 1.807) is 0 Å². The lowest BCUT2D eigenvalue weighted by molar-refractivity contribution is 0.457. The maximum atomic E-state index is 6.00. The first kappa shape index (κ1) is 9.61. The fourth-order valence-electron chi connectivity index (χ4n) is 2.57. The van der Waals surface area contributed by atoms with Crippen LogP contribution in [0.4, 0.5) is 0 Å². The van der Waals surface area contributed by atoms with E-state index in [4.69, 9.17) is 12.2 Å². The molecule has 0 bridgehead atoms. The molecular weight excluding hydrogens is 146 g/mol. The lowest BCUT2D eigenvalue weighted by atomic mass is 10.0. The molecular formula is C11H19N. The average Bonchev–Trinajstić information content (AvgIpc) is 2.24. The van der Waals surface area contributed by atoms with Crippen LogP contribution in [0.15, 0.2) is 0 Å². The molecule has 0 heterocycles. The van der Waals surface area contributed by atoms with Crippen LogP contribution in [0.25, 0.3) is 0 Å². The summed E-state index contributed by atoms with van der Waals surface area (Å²) in [6.45, 7) is 9.09. The van der Waals surface area contributed by atoms with Crippen LogP contribution in [0.3, 0.4) is 0 Å². The highest BCUT2D eigenvalue weighted by molar-refractivity contribution is 5.17. The molecule has 1 atom stereocenters. The van der Waals surface area contributed by atoms with Crippen LogP contribution in [-0.4, -0.2) is 6.04 Å². The van der Waals surface area contributed by atoms with Gasteiger partial charge in [0, 0.05) is 12.5 Å². The second kappa shape index (κ2) is 2.50. The zero-order valence-corrected chi connectivity index (χ0v) is 8.52. The second-order valence-corrected chi connectivity index (χ2v) is 4.99. The van der Waals surface area contributed by atoms with Gasteiger partial charge in [-0.1, -0.05) is 27.7 Å². The van der Waals surface area contributed by atoms with Gasteiger partial charge in [0.2, 0.25) is 0 Å². The first-order chi connectivity index (χ1) is 5.35. The molecule has 1 rings (SSSR count). The van der Waals surface area contributed by atoms with E-state index in [-0.39, 0.29) is 6.04 Å². The van der Waals surface area contributed by atoms with Gasteiger partial charge in [-0.25, -0.2) is 0 Å². The molecule has 0 amide bonds. The Bertz CT molecular complexity index is 206. The third kappa shape index (κ3) is 1.06. The summed E-state index contributed by atoms with van der Waals surface area (Å²) in [5.41, 5.74) is 6.73. The lowest BCUT2D eigenvalue weighted by Crippen LogP contribution is -2.25. The van der Waals surface area contributed by atoms with Crippen molar-refractivity contribution in [1.82, 2.24) is 0 Å². The number of nitrogens with two attached hydrogens (primary N) is 1. The van der Waals surface area contributed by atoms with E-state index in [1.165, 1.54) is 0 Å². The highest BCUT2D eigenvalue weighted by Crippen LogP contribution is 2.69. The molecule has 12 heavy (non-hydrogen) atoms. The molecule has 1 nitrogen and oxygen atoms in total. The summed E-state index contributed by atoms with van der Waals surface area (Å²) in [7, 11) is 0. The van der Waals surface area contributed by atoms with E-state index in [2.05, 4.69) is 33.6 Å². The van der Waals surface area contributed by atoms with E-state index < -0.39 is 0 Å². The highest BCUT2D eigenvalue weighted by atomic mass is 14.8. The molecule has 1 heteroatoms.